The molecular weight excluding hydrogens is 340 g/mol. The highest BCUT2D eigenvalue weighted by atomic mass is 15.1. The summed E-state index contributed by atoms with van der Waals surface area (Å²) in [5, 5.41) is 3.66. The first-order valence-corrected chi connectivity index (χ1v) is 10.4. The number of nitrogens with zero attached hydrogens (tertiary/aromatic N) is 1. The lowest BCUT2D eigenvalue weighted by Crippen LogP contribution is -2.21. The number of fused-ring (bicyclic) bond motifs is 3. The van der Waals surface area contributed by atoms with Gasteiger partial charge in [0.2, 0.25) is 0 Å². The maximum atomic E-state index is 3.66. The van der Waals surface area contributed by atoms with Crippen molar-refractivity contribution in [2.24, 2.45) is 0 Å². The second-order valence-electron chi connectivity index (χ2n) is 7.96. The molecule has 0 aliphatic heterocycles. The van der Waals surface area contributed by atoms with Gasteiger partial charge in [0, 0.05) is 30.2 Å². The van der Waals surface area contributed by atoms with Crippen LogP contribution in [0.15, 0.2) is 48.5 Å². The molecule has 0 aromatic heterocycles. The van der Waals surface area contributed by atoms with E-state index >= 15 is 0 Å². The first-order valence-electron chi connectivity index (χ1n) is 10.4. The van der Waals surface area contributed by atoms with E-state index in [0.717, 1.165) is 19.5 Å². The van der Waals surface area contributed by atoms with E-state index in [1.54, 1.807) is 0 Å². The number of aryl methyl sites for hydroxylation is 3. The molecule has 3 aromatic carbocycles. The van der Waals surface area contributed by atoms with E-state index in [9.17, 15) is 0 Å². The fourth-order valence-electron chi connectivity index (χ4n) is 4.34. The minimum atomic E-state index is 1.02. The minimum absolute atomic E-state index is 1.02. The third-order valence-corrected chi connectivity index (χ3v) is 5.99. The Hall–Kier alpha value is -2.74. The van der Waals surface area contributed by atoms with Crippen molar-refractivity contribution in [2.45, 2.75) is 41.0 Å². The van der Waals surface area contributed by atoms with Crippen LogP contribution in [-0.4, -0.2) is 13.1 Å². The van der Waals surface area contributed by atoms with Crippen LogP contribution in [0.2, 0.25) is 0 Å². The third kappa shape index (κ3) is 3.28. The summed E-state index contributed by atoms with van der Waals surface area (Å²) >= 11 is 0. The molecule has 1 N–H and O–H groups in total. The lowest BCUT2D eigenvalue weighted by molar-refractivity contribution is 0.866. The van der Waals surface area contributed by atoms with Gasteiger partial charge < -0.3 is 10.2 Å². The van der Waals surface area contributed by atoms with E-state index in [1.807, 2.05) is 0 Å². The van der Waals surface area contributed by atoms with Gasteiger partial charge in [-0.05, 0) is 105 Å². The second-order valence-corrected chi connectivity index (χ2v) is 7.96. The summed E-state index contributed by atoms with van der Waals surface area (Å²) in [7, 11) is 0. The molecule has 0 atom stereocenters. The first kappa shape index (κ1) is 18.6. The third-order valence-electron chi connectivity index (χ3n) is 5.99. The predicted molar refractivity (Wildman–Crippen MR) is 122 cm³/mol. The second kappa shape index (κ2) is 7.35. The number of anilines is 3. The van der Waals surface area contributed by atoms with Crippen molar-refractivity contribution in [1.29, 1.82) is 0 Å². The molecule has 0 fully saturated rings. The Kier molecular flexibility index (Phi) is 4.89. The summed E-state index contributed by atoms with van der Waals surface area (Å²) in [5.74, 6) is 0. The lowest BCUT2D eigenvalue weighted by atomic mass is 10.0. The average Bonchev–Trinajstić information content (AvgIpc) is 3.02. The van der Waals surface area contributed by atoms with Crippen LogP contribution in [0, 0.1) is 20.8 Å². The van der Waals surface area contributed by atoms with Crippen LogP contribution in [0.5, 0.6) is 0 Å². The summed E-state index contributed by atoms with van der Waals surface area (Å²) in [4.78, 5) is 2.42. The molecule has 1 aliphatic rings. The van der Waals surface area contributed by atoms with Crippen LogP contribution in [0.3, 0.4) is 0 Å². The normalized spacial score (nSPS) is 11.9. The number of rotatable bonds is 5. The van der Waals surface area contributed by atoms with E-state index in [4.69, 9.17) is 0 Å². The predicted octanol–water partition coefficient (Wildman–Crippen LogP) is 6.77. The molecule has 2 heteroatoms. The Morgan fingerprint density at radius 1 is 0.750 bits per heavy atom. The number of hydrogen-bond acceptors (Lipinski definition) is 2. The molecule has 144 valence electrons. The van der Waals surface area contributed by atoms with Crippen molar-refractivity contribution in [3.63, 3.8) is 0 Å². The van der Waals surface area contributed by atoms with Gasteiger partial charge in [-0.2, -0.15) is 0 Å². The Morgan fingerprint density at radius 2 is 1.46 bits per heavy atom. The van der Waals surface area contributed by atoms with Gasteiger partial charge in [-0.3, -0.25) is 0 Å². The monoisotopic (exact) mass is 370 g/mol. The zero-order valence-corrected chi connectivity index (χ0v) is 17.7. The van der Waals surface area contributed by atoms with E-state index in [-0.39, 0.29) is 0 Å². The SMILES string of the molecule is CCN(CC)c1ccc2c(c1)-c1cc(C)c(Nc3ccc(C)cc3C)cc1C2. The van der Waals surface area contributed by atoms with Gasteiger partial charge in [0.15, 0.2) is 0 Å². The summed E-state index contributed by atoms with van der Waals surface area (Å²) in [6.07, 6.45) is 1.02. The molecule has 0 saturated carbocycles. The first-order chi connectivity index (χ1) is 13.5. The van der Waals surface area contributed by atoms with Crippen LogP contribution in [0.25, 0.3) is 11.1 Å². The Morgan fingerprint density at radius 3 is 2.18 bits per heavy atom. The van der Waals surface area contributed by atoms with Gasteiger partial charge in [0.05, 0.1) is 0 Å². The fourth-order valence-corrected chi connectivity index (χ4v) is 4.34. The lowest BCUT2D eigenvalue weighted by Gasteiger charge is -2.22. The van der Waals surface area contributed by atoms with Crippen LogP contribution in [0.4, 0.5) is 17.1 Å². The maximum absolute atomic E-state index is 3.66. The van der Waals surface area contributed by atoms with Gasteiger partial charge in [-0.25, -0.2) is 0 Å². The highest BCUT2D eigenvalue weighted by Gasteiger charge is 2.21. The minimum Gasteiger partial charge on any atom is -0.372 e. The average molecular weight is 371 g/mol. The van der Waals surface area contributed by atoms with Crippen LogP contribution >= 0.6 is 0 Å². The van der Waals surface area contributed by atoms with Crippen molar-refractivity contribution in [3.05, 3.63) is 76.3 Å². The molecule has 0 heterocycles. The number of hydrogen-bond donors (Lipinski definition) is 1. The van der Waals surface area contributed by atoms with Crippen molar-refractivity contribution in [1.82, 2.24) is 0 Å². The van der Waals surface area contributed by atoms with Gasteiger partial charge in [0.1, 0.15) is 0 Å². The quantitative estimate of drug-likeness (QED) is 0.417. The summed E-state index contributed by atoms with van der Waals surface area (Å²) in [6, 6.07) is 18.3. The van der Waals surface area contributed by atoms with Crippen LogP contribution < -0.4 is 10.2 Å². The fraction of sp³-hybridized carbons (Fsp3) is 0.308. The van der Waals surface area contributed by atoms with Gasteiger partial charge in [-0.15, -0.1) is 0 Å². The molecule has 28 heavy (non-hydrogen) atoms. The topological polar surface area (TPSA) is 15.3 Å². The molecule has 2 nitrogen and oxygen atoms in total. The molecule has 0 unspecified atom stereocenters. The highest BCUT2D eigenvalue weighted by Crippen LogP contribution is 2.41. The van der Waals surface area contributed by atoms with Crippen molar-refractivity contribution < 1.29 is 0 Å². The van der Waals surface area contributed by atoms with Gasteiger partial charge in [0.25, 0.3) is 0 Å². The molecule has 1 aliphatic carbocycles. The van der Waals surface area contributed by atoms with Gasteiger partial charge in [-0.1, -0.05) is 23.8 Å². The smallest absolute Gasteiger partial charge is 0.0417 e. The molecule has 0 saturated heterocycles. The van der Waals surface area contributed by atoms with E-state index in [0.29, 0.717) is 0 Å². The van der Waals surface area contributed by atoms with Crippen molar-refractivity contribution >= 4 is 17.1 Å². The largest absolute Gasteiger partial charge is 0.372 e. The molecule has 0 radical (unpaired) electrons. The van der Waals surface area contributed by atoms with Crippen molar-refractivity contribution in [2.75, 3.05) is 23.3 Å². The highest BCUT2D eigenvalue weighted by molar-refractivity contribution is 5.83. The van der Waals surface area contributed by atoms with Crippen LogP contribution in [-0.2, 0) is 6.42 Å². The summed E-state index contributed by atoms with van der Waals surface area (Å²) in [6.45, 7) is 13.0. The Balaban J connectivity index is 1.70. The molecule has 0 amide bonds. The van der Waals surface area contributed by atoms with Crippen LogP contribution in [0.1, 0.15) is 41.7 Å². The Labute approximate surface area is 169 Å². The van der Waals surface area contributed by atoms with Crippen molar-refractivity contribution in [3.8, 4) is 11.1 Å². The summed E-state index contributed by atoms with van der Waals surface area (Å²) in [5.41, 5.74) is 13.3. The van der Waals surface area contributed by atoms with Gasteiger partial charge >= 0.3 is 0 Å². The molecule has 3 aromatic rings. The zero-order chi connectivity index (χ0) is 19.8. The van der Waals surface area contributed by atoms with E-state index in [1.165, 1.54) is 56.0 Å². The maximum Gasteiger partial charge on any atom is 0.0417 e. The van der Waals surface area contributed by atoms with E-state index < -0.39 is 0 Å². The molecular formula is C26H30N2. The Bertz CT molecular complexity index is 1030. The molecule has 0 spiro atoms. The zero-order valence-electron chi connectivity index (χ0n) is 17.7. The number of nitrogens with one attached hydrogen (secondary N) is 1. The number of benzene rings is 3. The molecule has 4 rings (SSSR count). The van der Waals surface area contributed by atoms with E-state index in [2.05, 4.69) is 93.4 Å². The standard InChI is InChI=1S/C26H30N2/c1-6-28(7-2)22-10-9-20-14-21-15-26(19(5)13-23(21)24(20)16-22)27-25-11-8-17(3)12-18(25)4/h8-13,15-16,27H,6-7,14H2,1-5H3. The molecule has 0 bridgehead atoms. The summed E-state index contributed by atoms with van der Waals surface area (Å²) < 4.78 is 0.